The summed E-state index contributed by atoms with van der Waals surface area (Å²) >= 11 is 0. The van der Waals surface area contributed by atoms with Crippen molar-refractivity contribution in [1.29, 1.82) is 0 Å². The first-order chi connectivity index (χ1) is 29.9. The molecule has 0 radical (unpaired) electrons. The molecule has 0 aromatic rings. The van der Waals surface area contributed by atoms with E-state index in [0.717, 1.165) is 32.1 Å². The van der Waals surface area contributed by atoms with E-state index in [-0.39, 0.29) is 46.5 Å². The van der Waals surface area contributed by atoms with Crippen molar-refractivity contribution in [2.75, 3.05) is 19.8 Å². The van der Waals surface area contributed by atoms with Gasteiger partial charge < -0.3 is 84.6 Å². The first kappa shape index (κ1) is 50.9. The summed E-state index contributed by atoms with van der Waals surface area (Å²) < 4.78 is 37.1. The summed E-state index contributed by atoms with van der Waals surface area (Å²) in [6.07, 6.45) is -12.9. The first-order valence-corrected chi connectivity index (χ1v) is 23.8. The molecule has 3 saturated heterocycles. The second-order valence-electron chi connectivity index (χ2n) is 22.4. The van der Waals surface area contributed by atoms with Crippen LogP contribution in [-0.2, 0) is 28.4 Å². The minimum atomic E-state index is -1.78. The number of hydrogen-bond donors (Lipinski definition) is 11. The Morgan fingerprint density at radius 3 is 1.91 bits per heavy atom. The zero-order chi connectivity index (χ0) is 47.1. The van der Waals surface area contributed by atoms with Crippen molar-refractivity contribution in [2.24, 2.45) is 45.3 Å². The minimum Gasteiger partial charge on any atom is -0.394 e. The standard InChI is InChI=1S/C47H80O17/c1-22(2)10-9-14-47(8,64-40-37(57)32(52)25(51)21-59-40)23-11-16-46(7)31(23)24(50)18-29-44(5)15-13-30(43(3,4)28(44)12-17-45(29,46)6)62-42-39(36(56)34(54)27(20-49)61-42)63-41-38(58)35(55)33(53)26(19-48)60-41/h10,23-42,48-58H,9,11-21H2,1-8H3/t23-,24+,25-,26+,27+,28-,29+,30-,31-,32-,33+,34+,35-,36-,37+,38+,39+,40-,41-,42-,44-,45+,46+,47-/m0/s1. The van der Waals surface area contributed by atoms with Gasteiger partial charge >= 0.3 is 0 Å². The monoisotopic (exact) mass is 917 g/mol. The van der Waals surface area contributed by atoms with Gasteiger partial charge in [0.2, 0.25) is 0 Å². The smallest absolute Gasteiger partial charge is 0.187 e. The van der Waals surface area contributed by atoms with Crippen LogP contribution in [0.25, 0.3) is 0 Å². The average Bonchev–Trinajstić information content (AvgIpc) is 3.63. The summed E-state index contributed by atoms with van der Waals surface area (Å²) in [5.74, 6) is 0.0334. The Morgan fingerprint density at radius 1 is 0.656 bits per heavy atom. The van der Waals surface area contributed by atoms with Gasteiger partial charge in [-0.15, -0.1) is 0 Å². The number of allylic oxidation sites excluding steroid dienone is 2. The number of rotatable bonds is 12. The van der Waals surface area contributed by atoms with E-state index >= 15 is 0 Å². The van der Waals surface area contributed by atoms with Crippen LogP contribution in [0.2, 0.25) is 0 Å². The predicted molar refractivity (Wildman–Crippen MR) is 228 cm³/mol. The van der Waals surface area contributed by atoms with Crippen molar-refractivity contribution in [3.8, 4) is 0 Å². The van der Waals surface area contributed by atoms with Gasteiger partial charge in [-0.3, -0.25) is 0 Å². The summed E-state index contributed by atoms with van der Waals surface area (Å²) in [4.78, 5) is 0. The largest absolute Gasteiger partial charge is 0.394 e. The van der Waals surface area contributed by atoms with Crippen LogP contribution in [0.15, 0.2) is 11.6 Å². The summed E-state index contributed by atoms with van der Waals surface area (Å²) in [5, 5.41) is 118. The molecule has 0 unspecified atom stereocenters. The number of fused-ring (bicyclic) bond motifs is 5. The van der Waals surface area contributed by atoms with Gasteiger partial charge in [-0.2, -0.15) is 0 Å². The highest BCUT2D eigenvalue weighted by Crippen LogP contribution is 2.76. The lowest BCUT2D eigenvalue weighted by Crippen LogP contribution is -2.68. The molecular formula is C47H80O17. The third-order valence-corrected chi connectivity index (χ3v) is 18.4. The average molecular weight is 917 g/mol. The summed E-state index contributed by atoms with van der Waals surface area (Å²) in [7, 11) is 0. The van der Waals surface area contributed by atoms with Crippen LogP contribution < -0.4 is 0 Å². The third kappa shape index (κ3) is 8.49. The lowest BCUT2D eigenvalue weighted by Gasteiger charge is -2.71. The van der Waals surface area contributed by atoms with E-state index in [1.807, 2.05) is 13.8 Å². The van der Waals surface area contributed by atoms with E-state index in [1.54, 1.807) is 0 Å². The summed E-state index contributed by atoms with van der Waals surface area (Å²) in [6.45, 7) is 16.1. The first-order valence-electron chi connectivity index (χ1n) is 23.8. The number of aliphatic hydroxyl groups is 11. The molecule has 4 saturated carbocycles. The van der Waals surface area contributed by atoms with Crippen molar-refractivity contribution >= 4 is 0 Å². The Morgan fingerprint density at radius 2 is 1.27 bits per heavy atom. The van der Waals surface area contributed by atoms with Gasteiger partial charge in [0, 0.05) is 0 Å². The molecule has 17 nitrogen and oxygen atoms in total. The van der Waals surface area contributed by atoms with E-state index in [1.165, 1.54) is 5.57 Å². The van der Waals surface area contributed by atoms with E-state index in [9.17, 15) is 56.2 Å². The SMILES string of the molecule is CC(C)=CCC[C@](C)(O[C@@H]1OC[C@H](O)[C@H](O)[C@H]1O)[C@H]1CC[C@]2(C)[C@@H]1[C@H](O)C[C@@H]1[C@@]3(C)CC[C@H](O[C@@H]4O[C@H](CO)[C@@H](O)[C@H](O)[C@H]4O[C@@H]4O[C@H](CO)[C@@H](O)[C@H](O)[C@H]4O)C(C)(C)[C@@H]3CC[C@]12C. The van der Waals surface area contributed by atoms with Crippen molar-refractivity contribution in [1.82, 2.24) is 0 Å². The number of ether oxygens (including phenoxy) is 6. The van der Waals surface area contributed by atoms with Crippen LogP contribution in [0.5, 0.6) is 0 Å². The quantitative estimate of drug-likeness (QED) is 0.0946. The molecule has 7 rings (SSSR count). The van der Waals surface area contributed by atoms with Crippen LogP contribution in [-0.4, -0.2) is 180 Å². The van der Waals surface area contributed by atoms with Gasteiger partial charge in [0.05, 0.1) is 37.6 Å². The molecule has 7 aliphatic rings. The Balaban J connectivity index is 1.12. The fourth-order valence-corrected chi connectivity index (χ4v) is 14.6. The zero-order valence-electron chi connectivity index (χ0n) is 39.0. The molecule has 370 valence electrons. The normalized spacial score (nSPS) is 52.5. The van der Waals surface area contributed by atoms with E-state index in [0.29, 0.717) is 25.7 Å². The Labute approximate surface area is 377 Å². The minimum absolute atomic E-state index is 0.0908. The molecule has 0 aromatic heterocycles. The van der Waals surface area contributed by atoms with Crippen LogP contribution >= 0.6 is 0 Å². The van der Waals surface area contributed by atoms with Gasteiger partial charge in [0.1, 0.15) is 67.1 Å². The highest BCUT2D eigenvalue weighted by atomic mass is 16.8. The van der Waals surface area contributed by atoms with Crippen LogP contribution in [0, 0.1) is 45.3 Å². The molecule has 11 N–H and O–H groups in total. The lowest BCUT2D eigenvalue weighted by molar-refractivity contribution is -0.378. The second-order valence-corrected chi connectivity index (χ2v) is 22.4. The molecule has 0 aromatic carbocycles. The number of hydrogen-bond acceptors (Lipinski definition) is 17. The van der Waals surface area contributed by atoms with Gasteiger partial charge in [-0.05, 0) is 124 Å². The van der Waals surface area contributed by atoms with Crippen LogP contribution in [0.1, 0.15) is 113 Å². The second kappa shape index (κ2) is 18.8. The molecule has 64 heavy (non-hydrogen) atoms. The molecule has 3 heterocycles. The lowest BCUT2D eigenvalue weighted by atomic mass is 9.35. The molecule has 24 atom stereocenters. The van der Waals surface area contributed by atoms with Gasteiger partial charge in [-0.25, -0.2) is 0 Å². The van der Waals surface area contributed by atoms with Crippen LogP contribution in [0.3, 0.4) is 0 Å². The topological polar surface area (TPSA) is 278 Å². The zero-order valence-corrected chi connectivity index (χ0v) is 39.0. The maximum Gasteiger partial charge on any atom is 0.187 e. The van der Waals surface area contributed by atoms with E-state index < -0.39 is 122 Å². The van der Waals surface area contributed by atoms with Crippen molar-refractivity contribution in [3.05, 3.63) is 11.6 Å². The summed E-state index contributed by atoms with van der Waals surface area (Å²) in [5.41, 5.74) is -0.853. The molecule has 0 amide bonds. The molecule has 17 heteroatoms. The maximum absolute atomic E-state index is 12.6. The van der Waals surface area contributed by atoms with Crippen molar-refractivity contribution in [2.45, 2.75) is 217 Å². The Hall–Kier alpha value is -0.940. The molecule has 0 spiro atoms. The Kier molecular flexibility index (Phi) is 14.9. The van der Waals surface area contributed by atoms with Gasteiger partial charge in [-0.1, -0.05) is 46.3 Å². The van der Waals surface area contributed by atoms with E-state index in [2.05, 4.69) is 47.6 Å². The molecule has 7 fully saturated rings. The fraction of sp³-hybridized carbons (Fsp3) is 0.957. The molecule has 4 aliphatic carbocycles. The summed E-state index contributed by atoms with van der Waals surface area (Å²) in [6, 6.07) is 0. The van der Waals surface area contributed by atoms with Gasteiger partial charge in [0.25, 0.3) is 0 Å². The Bertz CT molecular complexity index is 1630. The number of aliphatic hydroxyl groups excluding tert-OH is 11. The predicted octanol–water partition coefficient (Wildman–Crippen LogP) is 0.612. The van der Waals surface area contributed by atoms with Crippen molar-refractivity contribution in [3.63, 3.8) is 0 Å². The molecule has 3 aliphatic heterocycles. The molecular weight excluding hydrogens is 837 g/mol. The van der Waals surface area contributed by atoms with Gasteiger partial charge in [0.15, 0.2) is 18.9 Å². The highest BCUT2D eigenvalue weighted by molar-refractivity contribution is 5.20. The third-order valence-electron chi connectivity index (χ3n) is 18.4. The van der Waals surface area contributed by atoms with Crippen molar-refractivity contribution < 1.29 is 84.6 Å². The molecule has 0 bridgehead atoms. The van der Waals surface area contributed by atoms with Crippen LogP contribution in [0.4, 0.5) is 0 Å². The van der Waals surface area contributed by atoms with E-state index in [4.69, 9.17) is 28.4 Å². The highest BCUT2D eigenvalue weighted by Gasteiger charge is 2.72. The maximum atomic E-state index is 12.6. The fourth-order valence-electron chi connectivity index (χ4n) is 14.6.